The molecule has 0 saturated carbocycles. The number of halogens is 2. The summed E-state index contributed by atoms with van der Waals surface area (Å²) in [5.74, 6) is -1.51. The number of carboxylic acid groups (broad SMARTS) is 2. The lowest BCUT2D eigenvalue weighted by Gasteiger charge is -2.22. The van der Waals surface area contributed by atoms with Crippen molar-refractivity contribution < 1.29 is 37.7 Å². The largest absolute Gasteiger partial charge is 0.480 e. The lowest BCUT2D eigenvalue weighted by atomic mass is 9.89. The number of carbonyl (C=O) groups is 2. The molecule has 2 aliphatic rings. The van der Waals surface area contributed by atoms with Gasteiger partial charge in [0.2, 0.25) is 5.89 Å². The normalized spacial score (nSPS) is 16.5. The summed E-state index contributed by atoms with van der Waals surface area (Å²) in [4.78, 5) is 31.4. The molecular weight excluding hydrogens is 632 g/mol. The molecule has 1 saturated heterocycles. The van der Waals surface area contributed by atoms with Crippen LogP contribution in [0.4, 0.5) is 8.78 Å². The van der Waals surface area contributed by atoms with Crippen molar-refractivity contribution in [3.05, 3.63) is 94.5 Å². The highest BCUT2D eigenvalue weighted by Gasteiger charge is 2.31. The second-order valence-corrected chi connectivity index (χ2v) is 12.8. The molecule has 7 rings (SSSR count). The molecule has 0 radical (unpaired) electrons. The number of hydrogen-bond acceptors (Lipinski definition) is 7. The molecule has 1 fully saturated rings. The van der Waals surface area contributed by atoms with Crippen LogP contribution in [0.15, 0.2) is 71.1 Å². The van der Waals surface area contributed by atoms with E-state index in [4.69, 9.17) is 14.1 Å². The van der Waals surface area contributed by atoms with Crippen LogP contribution in [0, 0.1) is 13.8 Å². The smallest absolute Gasteiger partial charge is 0.387 e. The second-order valence-electron chi connectivity index (χ2n) is 12.8. The average Bonchev–Trinajstić information content (AvgIpc) is 3.79. The molecule has 1 aromatic heterocycles. The Hall–Kier alpha value is -5.13. The van der Waals surface area contributed by atoms with E-state index in [-0.39, 0.29) is 24.4 Å². The zero-order valence-corrected chi connectivity index (χ0v) is 27.1. The summed E-state index contributed by atoms with van der Waals surface area (Å²) in [6, 6.07) is 20.7. The maximum absolute atomic E-state index is 13.4. The van der Waals surface area contributed by atoms with Crippen molar-refractivity contribution in [2.75, 3.05) is 13.1 Å². The molecule has 0 spiro atoms. The number of fused-ring (bicyclic) bond motifs is 2. The Labute approximate surface area is 281 Å². The highest BCUT2D eigenvalue weighted by molar-refractivity contribution is 5.85. The predicted molar refractivity (Wildman–Crippen MR) is 179 cm³/mol. The van der Waals surface area contributed by atoms with E-state index in [1.165, 1.54) is 6.07 Å². The number of ether oxygens (including phenoxy) is 1. The SMILES string of the molecule is Cc1c(-c2ccc3c(c2)CN(CC(=O)O)C3)cccc1-c1cccc(-c2nc3cc(CN4CCC[C@H]4C(=O)O)c(OC(F)F)cc3o2)c1C. The molecule has 2 N–H and O–H groups in total. The molecule has 11 heteroatoms. The van der Waals surface area contributed by atoms with Crippen molar-refractivity contribution >= 4 is 23.0 Å². The van der Waals surface area contributed by atoms with Gasteiger partial charge in [-0.2, -0.15) is 8.78 Å². The molecule has 0 unspecified atom stereocenters. The van der Waals surface area contributed by atoms with Crippen LogP contribution in [-0.4, -0.2) is 62.7 Å². The minimum atomic E-state index is -3.06. The fourth-order valence-corrected chi connectivity index (χ4v) is 7.29. The van der Waals surface area contributed by atoms with Gasteiger partial charge in [0.05, 0.1) is 6.54 Å². The van der Waals surface area contributed by atoms with Gasteiger partial charge in [-0.1, -0.05) is 42.5 Å². The maximum Gasteiger partial charge on any atom is 0.387 e. The highest BCUT2D eigenvalue weighted by Crippen LogP contribution is 2.39. The lowest BCUT2D eigenvalue weighted by molar-refractivity contribution is -0.142. The monoisotopic (exact) mass is 667 g/mol. The Bertz CT molecular complexity index is 2090. The van der Waals surface area contributed by atoms with E-state index in [1.807, 2.05) is 36.1 Å². The van der Waals surface area contributed by atoms with Gasteiger partial charge in [-0.05, 0) is 95.9 Å². The van der Waals surface area contributed by atoms with Gasteiger partial charge in [0.15, 0.2) is 5.58 Å². The van der Waals surface area contributed by atoms with Gasteiger partial charge in [0.1, 0.15) is 17.3 Å². The molecule has 4 aromatic carbocycles. The number of rotatable bonds is 10. The van der Waals surface area contributed by atoms with Crippen LogP contribution in [0.25, 0.3) is 44.8 Å². The first-order valence-electron chi connectivity index (χ1n) is 16.2. The van der Waals surface area contributed by atoms with Crippen LogP contribution >= 0.6 is 0 Å². The molecule has 0 bridgehead atoms. The van der Waals surface area contributed by atoms with Gasteiger partial charge >= 0.3 is 18.6 Å². The predicted octanol–water partition coefficient (Wildman–Crippen LogP) is 7.50. The van der Waals surface area contributed by atoms with Gasteiger partial charge in [0, 0.05) is 36.8 Å². The number of carboxylic acids is 2. The van der Waals surface area contributed by atoms with Gasteiger partial charge in [-0.15, -0.1) is 0 Å². The van der Waals surface area contributed by atoms with E-state index in [0.717, 1.165) is 50.1 Å². The number of oxazole rings is 1. The van der Waals surface area contributed by atoms with Crippen LogP contribution in [0.3, 0.4) is 0 Å². The Morgan fingerprint density at radius 3 is 2.35 bits per heavy atom. The number of aromatic nitrogens is 1. The number of benzene rings is 4. The van der Waals surface area contributed by atoms with Gasteiger partial charge < -0.3 is 19.4 Å². The van der Waals surface area contributed by atoms with E-state index in [0.29, 0.717) is 49.4 Å². The van der Waals surface area contributed by atoms with Crippen LogP contribution in [0.5, 0.6) is 5.75 Å². The van der Waals surface area contributed by atoms with Crippen molar-refractivity contribution in [1.29, 1.82) is 0 Å². The third-order valence-electron chi connectivity index (χ3n) is 9.66. The zero-order valence-electron chi connectivity index (χ0n) is 27.1. The fourth-order valence-electron chi connectivity index (χ4n) is 7.29. The Balaban J connectivity index is 1.22. The summed E-state index contributed by atoms with van der Waals surface area (Å²) in [5, 5.41) is 18.9. The molecule has 0 aliphatic carbocycles. The van der Waals surface area contributed by atoms with Crippen molar-refractivity contribution in [1.82, 2.24) is 14.8 Å². The van der Waals surface area contributed by atoms with Gasteiger partial charge in [-0.25, -0.2) is 4.98 Å². The molecule has 252 valence electrons. The molecule has 2 aliphatic heterocycles. The van der Waals surface area contributed by atoms with Crippen molar-refractivity contribution in [2.24, 2.45) is 0 Å². The molecule has 1 atom stereocenters. The Morgan fingerprint density at radius 2 is 1.63 bits per heavy atom. The maximum atomic E-state index is 13.4. The Morgan fingerprint density at radius 1 is 0.939 bits per heavy atom. The zero-order chi connectivity index (χ0) is 34.4. The number of aliphatic carboxylic acids is 2. The van der Waals surface area contributed by atoms with Crippen molar-refractivity contribution in [2.45, 2.75) is 59.0 Å². The summed E-state index contributed by atoms with van der Waals surface area (Å²) in [7, 11) is 0. The van der Waals surface area contributed by atoms with Crippen LogP contribution in [-0.2, 0) is 29.2 Å². The van der Waals surface area contributed by atoms with Gasteiger partial charge in [0.25, 0.3) is 0 Å². The first kappa shape index (κ1) is 32.4. The topological polar surface area (TPSA) is 116 Å². The lowest BCUT2D eigenvalue weighted by Crippen LogP contribution is -2.35. The molecule has 5 aromatic rings. The first-order valence-corrected chi connectivity index (χ1v) is 16.2. The van der Waals surface area contributed by atoms with Crippen molar-refractivity contribution in [3.8, 4) is 39.5 Å². The summed E-state index contributed by atoms with van der Waals surface area (Å²) >= 11 is 0. The average molecular weight is 668 g/mol. The fraction of sp³-hybridized carbons (Fsp3) is 0.289. The highest BCUT2D eigenvalue weighted by atomic mass is 19.3. The third-order valence-corrected chi connectivity index (χ3v) is 9.66. The van der Waals surface area contributed by atoms with E-state index in [9.17, 15) is 28.6 Å². The summed E-state index contributed by atoms with van der Waals surface area (Å²) < 4.78 is 37.9. The molecule has 9 nitrogen and oxygen atoms in total. The first-order chi connectivity index (χ1) is 23.5. The third kappa shape index (κ3) is 6.39. The van der Waals surface area contributed by atoms with E-state index < -0.39 is 24.6 Å². The van der Waals surface area contributed by atoms with E-state index >= 15 is 0 Å². The minimum absolute atomic E-state index is 0.00581. The molecule has 49 heavy (non-hydrogen) atoms. The minimum Gasteiger partial charge on any atom is -0.480 e. The van der Waals surface area contributed by atoms with Crippen LogP contribution in [0.1, 0.15) is 40.7 Å². The number of alkyl halides is 2. The van der Waals surface area contributed by atoms with Gasteiger partial charge in [-0.3, -0.25) is 19.4 Å². The molecule has 3 heterocycles. The van der Waals surface area contributed by atoms with E-state index in [1.54, 1.807) is 11.0 Å². The number of likely N-dealkylation sites (tertiary alicyclic amines) is 1. The summed E-state index contributed by atoms with van der Waals surface area (Å²) in [5.41, 5.74) is 10.3. The van der Waals surface area contributed by atoms with Crippen LogP contribution in [0.2, 0.25) is 0 Å². The quantitative estimate of drug-likeness (QED) is 0.156. The number of hydrogen-bond donors (Lipinski definition) is 2. The molecular formula is C38H35F2N3O6. The standard InChI is InChI=1S/C38H35F2N3O6/c1-21-27(23-11-12-24-17-42(20-35(44)45)18-25(24)14-23)6-3-7-28(21)29-8-4-9-30(22(29)2)36-41-31-15-26(19-43-13-5-10-32(43)37(46)47)33(49-38(39)40)16-34(31)48-36/h3-4,6-9,11-12,14-16,32,38H,5,10,13,17-20H2,1-2H3,(H,44,45)(H,46,47)/t32-/m0/s1. The van der Waals surface area contributed by atoms with E-state index in [2.05, 4.69) is 37.3 Å². The molecule has 0 amide bonds. The van der Waals surface area contributed by atoms with Crippen molar-refractivity contribution in [3.63, 3.8) is 0 Å². The summed E-state index contributed by atoms with van der Waals surface area (Å²) in [6.07, 6.45) is 1.20. The van der Waals surface area contributed by atoms with Crippen LogP contribution < -0.4 is 4.74 Å². The Kier molecular flexibility index (Phi) is 8.64. The number of nitrogens with zero attached hydrogens (tertiary/aromatic N) is 3. The second kappa shape index (κ2) is 13.1. The summed E-state index contributed by atoms with van der Waals surface area (Å²) in [6.45, 7) is 2.91.